The van der Waals surface area contributed by atoms with Gasteiger partial charge in [0.1, 0.15) is 5.82 Å². The maximum absolute atomic E-state index is 13.1. The molecule has 118 valence electrons. The molecule has 0 heterocycles. The Bertz CT molecular complexity index is 423. The molecule has 0 aromatic heterocycles. The zero-order valence-electron chi connectivity index (χ0n) is 13.6. The number of nitrogens with zero attached hydrogens (tertiary/aromatic N) is 1. The van der Waals surface area contributed by atoms with Gasteiger partial charge < -0.3 is 5.73 Å². The topological polar surface area (TPSA) is 29.3 Å². The molecule has 1 saturated carbocycles. The second-order valence-corrected chi connectivity index (χ2v) is 6.85. The third-order valence-corrected chi connectivity index (χ3v) is 4.67. The van der Waals surface area contributed by atoms with Gasteiger partial charge in [-0.25, -0.2) is 4.39 Å². The lowest BCUT2D eigenvalue weighted by Crippen LogP contribution is -2.47. The normalized spacial score (nSPS) is 19.4. The summed E-state index contributed by atoms with van der Waals surface area (Å²) in [6.45, 7) is 7.83. The fraction of sp³-hybridized carbons (Fsp3) is 0.667. The molecule has 0 bridgehead atoms. The highest BCUT2D eigenvalue weighted by atomic mass is 19.1. The van der Waals surface area contributed by atoms with Crippen LogP contribution in [0.2, 0.25) is 0 Å². The Morgan fingerprint density at radius 2 is 1.71 bits per heavy atom. The van der Waals surface area contributed by atoms with Gasteiger partial charge in [0, 0.05) is 24.7 Å². The van der Waals surface area contributed by atoms with Gasteiger partial charge in [-0.15, -0.1) is 0 Å². The minimum Gasteiger partial charge on any atom is -0.323 e. The Kier molecular flexibility index (Phi) is 5.77. The molecule has 3 heteroatoms. The molecule has 0 aliphatic heterocycles. The van der Waals surface area contributed by atoms with Crippen molar-refractivity contribution < 1.29 is 4.39 Å². The highest BCUT2D eigenvalue weighted by Crippen LogP contribution is 2.29. The molecule has 0 amide bonds. The Morgan fingerprint density at radius 1 is 1.14 bits per heavy atom. The van der Waals surface area contributed by atoms with Gasteiger partial charge in [0.05, 0.1) is 0 Å². The van der Waals surface area contributed by atoms with Gasteiger partial charge in [0.2, 0.25) is 0 Å². The lowest BCUT2D eigenvalue weighted by molar-refractivity contribution is 0.111. The standard InChI is InChI=1S/C18H29FN2/c1-13(2)12-21(17-6-4-5-7-17)14(3)18(20)15-8-10-16(19)11-9-15/h8-11,13-14,17-18H,4-7,12,20H2,1-3H3. The molecule has 1 aliphatic carbocycles. The third-order valence-electron chi connectivity index (χ3n) is 4.67. The fourth-order valence-corrected chi connectivity index (χ4v) is 3.48. The average Bonchev–Trinajstić information content (AvgIpc) is 2.98. The molecule has 2 atom stereocenters. The van der Waals surface area contributed by atoms with Crippen LogP contribution in [-0.2, 0) is 0 Å². The first-order valence-electron chi connectivity index (χ1n) is 8.26. The second-order valence-electron chi connectivity index (χ2n) is 6.85. The predicted molar refractivity (Wildman–Crippen MR) is 86.6 cm³/mol. The van der Waals surface area contributed by atoms with Gasteiger partial charge >= 0.3 is 0 Å². The molecular formula is C18H29FN2. The van der Waals surface area contributed by atoms with E-state index in [1.807, 2.05) is 12.1 Å². The van der Waals surface area contributed by atoms with Crippen molar-refractivity contribution >= 4 is 0 Å². The average molecular weight is 292 g/mol. The first kappa shape index (κ1) is 16.4. The molecule has 1 fully saturated rings. The summed E-state index contributed by atoms with van der Waals surface area (Å²) in [6, 6.07) is 7.52. The smallest absolute Gasteiger partial charge is 0.123 e. The second kappa shape index (κ2) is 7.37. The summed E-state index contributed by atoms with van der Waals surface area (Å²) in [5.41, 5.74) is 7.49. The largest absolute Gasteiger partial charge is 0.323 e. The summed E-state index contributed by atoms with van der Waals surface area (Å²) >= 11 is 0. The SMILES string of the molecule is CC(C)CN(C1CCCC1)C(C)C(N)c1ccc(F)cc1. The summed E-state index contributed by atoms with van der Waals surface area (Å²) in [5, 5.41) is 0. The number of nitrogens with two attached hydrogens (primary N) is 1. The van der Waals surface area contributed by atoms with E-state index < -0.39 is 0 Å². The molecule has 2 unspecified atom stereocenters. The molecule has 1 aromatic rings. The van der Waals surface area contributed by atoms with Gasteiger partial charge in [0.25, 0.3) is 0 Å². The first-order valence-corrected chi connectivity index (χ1v) is 8.26. The summed E-state index contributed by atoms with van der Waals surface area (Å²) in [6.07, 6.45) is 5.23. The van der Waals surface area contributed by atoms with Crippen LogP contribution in [-0.4, -0.2) is 23.5 Å². The molecule has 2 N–H and O–H groups in total. The van der Waals surface area contributed by atoms with E-state index in [0.29, 0.717) is 12.0 Å². The van der Waals surface area contributed by atoms with E-state index in [1.54, 1.807) is 0 Å². The monoisotopic (exact) mass is 292 g/mol. The van der Waals surface area contributed by atoms with E-state index in [4.69, 9.17) is 5.73 Å². The number of rotatable bonds is 6. The zero-order valence-corrected chi connectivity index (χ0v) is 13.6. The van der Waals surface area contributed by atoms with E-state index in [0.717, 1.165) is 12.1 Å². The van der Waals surface area contributed by atoms with Crippen molar-refractivity contribution in [1.29, 1.82) is 0 Å². The van der Waals surface area contributed by atoms with Crippen LogP contribution in [0.4, 0.5) is 4.39 Å². The minimum atomic E-state index is -0.201. The van der Waals surface area contributed by atoms with E-state index in [-0.39, 0.29) is 17.9 Å². The summed E-state index contributed by atoms with van der Waals surface area (Å²) < 4.78 is 13.1. The van der Waals surface area contributed by atoms with Crippen LogP contribution in [0.25, 0.3) is 0 Å². The summed E-state index contributed by atoms with van der Waals surface area (Å²) in [4.78, 5) is 2.59. The Morgan fingerprint density at radius 3 is 2.24 bits per heavy atom. The van der Waals surface area contributed by atoms with Crippen molar-refractivity contribution in [3.05, 3.63) is 35.6 Å². The Hall–Kier alpha value is -0.930. The molecule has 2 rings (SSSR count). The number of benzene rings is 1. The van der Waals surface area contributed by atoms with Crippen molar-refractivity contribution in [3.63, 3.8) is 0 Å². The van der Waals surface area contributed by atoms with E-state index in [2.05, 4.69) is 25.7 Å². The maximum atomic E-state index is 13.1. The first-order chi connectivity index (χ1) is 9.99. The zero-order chi connectivity index (χ0) is 15.4. The lowest BCUT2D eigenvalue weighted by atomic mass is 9.97. The third kappa shape index (κ3) is 4.27. The molecule has 1 aliphatic rings. The molecule has 0 saturated heterocycles. The molecule has 2 nitrogen and oxygen atoms in total. The Balaban J connectivity index is 2.11. The van der Waals surface area contributed by atoms with E-state index >= 15 is 0 Å². The molecule has 0 spiro atoms. The van der Waals surface area contributed by atoms with Crippen molar-refractivity contribution in [2.45, 2.75) is 64.6 Å². The van der Waals surface area contributed by atoms with Gasteiger partial charge in [-0.1, -0.05) is 38.8 Å². The van der Waals surface area contributed by atoms with Crippen molar-refractivity contribution in [3.8, 4) is 0 Å². The highest BCUT2D eigenvalue weighted by molar-refractivity contribution is 5.21. The fourth-order valence-electron chi connectivity index (χ4n) is 3.48. The molecule has 0 radical (unpaired) electrons. The van der Waals surface area contributed by atoms with Crippen LogP contribution < -0.4 is 5.73 Å². The van der Waals surface area contributed by atoms with Crippen LogP contribution in [0, 0.1) is 11.7 Å². The predicted octanol–water partition coefficient (Wildman–Crippen LogP) is 4.11. The van der Waals surface area contributed by atoms with Crippen LogP contribution in [0.1, 0.15) is 58.1 Å². The van der Waals surface area contributed by atoms with Gasteiger partial charge in [-0.2, -0.15) is 0 Å². The molecule has 21 heavy (non-hydrogen) atoms. The maximum Gasteiger partial charge on any atom is 0.123 e. The summed E-state index contributed by atoms with van der Waals surface area (Å²) in [7, 11) is 0. The van der Waals surface area contributed by atoms with Crippen LogP contribution >= 0.6 is 0 Å². The highest BCUT2D eigenvalue weighted by Gasteiger charge is 2.30. The number of halogens is 1. The van der Waals surface area contributed by atoms with E-state index in [9.17, 15) is 4.39 Å². The number of hydrogen-bond donors (Lipinski definition) is 1. The quantitative estimate of drug-likeness (QED) is 0.854. The van der Waals surface area contributed by atoms with Crippen molar-refractivity contribution in [2.75, 3.05) is 6.54 Å². The lowest BCUT2D eigenvalue weighted by Gasteiger charge is -2.39. The van der Waals surface area contributed by atoms with Crippen LogP contribution in [0.3, 0.4) is 0 Å². The Labute approximate surface area is 128 Å². The van der Waals surface area contributed by atoms with Crippen molar-refractivity contribution in [2.24, 2.45) is 11.7 Å². The van der Waals surface area contributed by atoms with Gasteiger partial charge in [-0.05, 0) is 43.4 Å². The molecular weight excluding hydrogens is 263 g/mol. The van der Waals surface area contributed by atoms with Gasteiger partial charge in [0.15, 0.2) is 0 Å². The number of hydrogen-bond acceptors (Lipinski definition) is 2. The van der Waals surface area contributed by atoms with Crippen LogP contribution in [0.5, 0.6) is 0 Å². The minimum absolute atomic E-state index is 0.0649. The van der Waals surface area contributed by atoms with Gasteiger partial charge in [-0.3, -0.25) is 4.90 Å². The van der Waals surface area contributed by atoms with E-state index in [1.165, 1.54) is 37.8 Å². The van der Waals surface area contributed by atoms with Crippen LogP contribution in [0.15, 0.2) is 24.3 Å². The molecule has 1 aromatic carbocycles. The summed E-state index contributed by atoms with van der Waals surface area (Å²) in [5.74, 6) is 0.432. The van der Waals surface area contributed by atoms with Crippen molar-refractivity contribution in [1.82, 2.24) is 4.90 Å².